The van der Waals surface area contributed by atoms with Crippen LogP contribution in [0.1, 0.15) is 46.3 Å². The molecule has 1 heterocycles. The average Bonchev–Trinajstić information content (AvgIpc) is 2.24. The maximum absolute atomic E-state index is 10.0. The van der Waals surface area contributed by atoms with Gasteiger partial charge in [-0.05, 0) is 52.8 Å². The minimum atomic E-state index is -0.489. The Kier molecular flexibility index (Phi) is 4.20. The van der Waals surface area contributed by atoms with Gasteiger partial charge in [-0.2, -0.15) is 0 Å². The lowest BCUT2D eigenvalue weighted by Crippen LogP contribution is -2.57. The molecular weight excluding hydrogens is 318 g/mol. The van der Waals surface area contributed by atoms with Gasteiger partial charge in [-0.25, -0.2) is 0 Å². The number of hydrogen-bond acceptors (Lipinski definition) is 3. The quantitative estimate of drug-likeness (QED) is 0.885. The Labute approximate surface area is 130 Å². The molecule has 0 amide bonds. The molecule has 1 atom stereocenters. The molecule has 1 N–H and O–H groups in total. The highest BCUT2D eigenvalue weighted by atomic mass is 79.9. The van der Waals surface area contributed by atoms with E-state index in [0.29, 0.717) is 0 Å². The number of nitrogens with zero attached hydrogens (tertiary/aromatic N) is 1. The molecule has 0 bridgehead atoms. The molecule has 4 heteroatoms. The van der Waals surface area contributed by atoms with Crippen LogP contribution < -0.4 is 4.90 Å². The molecule has 2 rings (SSSR count). The summed E-state index contributed by atoms with van der Waals surface area (Å²) in [5.74, 6) is 0. The number of benzene rings is 1. The number of ether oxygens (including phenoxy) is 1. The lowest BCUT2D eigenvalue weighted by molar-refractivity contribution is -0.133. The number of aliphatic hydroxyl groups excluding tert-OH is 1. The highest BCUT2D eigenvalue weighted by molar-refractivity contribution is 9.10. The minimum absolute atomic E-state index is 0.204. The van der Waals surface area contributed by atoms with Crippen molar-refractivity contribution in [2.75, 3.05) is 18.0 Å². The highest BCUT2D eigenvalue weighted by Gasteiger charge is 2.38. The number of anilines is 1. The summed E-state index contributed by atoms with van der Waals surface area (Å²) in [6.45, 7) is 11.9. The summed E-state index contributed by atoms with van der Waals surface area (Å²) in [5.41, 5.74) is 1.63. The SMILES string of the molecule is CC(O)c1cc(Br)ccc1N1CC(C)(C)OC(C)(C)C1. The third kappa shape index (κ3) is 3.54. The molecule has 0 saturated carbocycles. The number of aliphatic hydroxyl groups is 1. The first kappa shape index (κ1) is 15.8. The van der Waals surface area contributed by atoms with Crippen LogP contribution >= 0.6 is 15.9 Å². The number of morpholine rings is 1. The summed E-state index contributed by atoms with van der Waals surface area (Å²) < 4.78 is 7.11. The number of rotatable bonds is 2. The first-order chi connectivity index (χ1) is 9.10. The van der Waals surface area contributed by atoms with Gasteiger partial charge in [0.2, 0.25) is 0 Å². The third-order valence-corrected chi connectivity index (χ3v) is 3.97. The van der Waals surface area contributed by atoms with E-state index in [-0.39, 0.29) is 11.2 Å². The van der Waals surface area contributed by atoms with Crippen LogP contribution in [0.5, 0.6) is 0 Å². The van der Waals surface area contributed by atoms with E-state index in [1.165, 1.54) is 0 Å². The molecule has 112 valence electrons. The van der Waals surface area contributed by atoms with Crippen LogP contribution in [0.25, 0.3) is 0 Å². The van der Waals surface area contributed by atoms with E-state index >= 15 is 0 Å². The van der Waals surface area contributed by atoms with Crippen LogP contribution in [-0.4, -0.2) is 29.4 Å². The summed E-state index contributed by atoms with van der Waals surface area (Å²) in [6, 6.07) is 6.09. The maximum Gasteiger partial charge on any atom is 0.0808 e. The molecule has 1 unspecified atom stereocenters. The molecule has 0 aromatic heterocycles. The van der Waals surface area contributed by atoms with Crippen molar-refractivity contribution in [3.63, 3.8) is 0 Å². The molecule has 20 heavy (non-hydrogen) atoms. The van der Waals surface area contributed by atoms with Crippen molar-refractivity contribution in [2.45, 2.75) is 51.9 Å². The minimum Gasteiger partial charge on any atom is -0.389 e. The summed E-state index contributed by atoms with van der Waals surface area (Å²) in [7, 11) is 0. The monoisotopic (exact) mass is 341 g/mol. The van der Waals surface area contributed by atoms with Gasteiger partial charge in [0.05, 0.1) is 17.3 Å². The summed E-state index contributed by atoms with van der Waals surface area (Å²) in [6.07, 6.45) is -0.489. The molecule has 1 aromatic carbocycles. The summed E-state index contributed by atoms with van der Waals surface area (Å²) in [5, 5.41) is 10.0. The van der Waals surface area contributed by atoms with Crippen molar-refractivity contribution in [3.8, 4) is 0 Å². The van der Waals surface area contributed by atoms with Gasteiger partial charge in [0.15, 0.2) is 0 Å². The largest absolute Gasteiger partial charge is 0.389 e. The van der Waals surface area contributed by atoms with Crippen LogP contribution in [0.4, 0.5) is 5.69 Å². The van der Waals surface area contributed by atoms with Crippen molar-refractivity contribution in [3.05, 3.63) is 28.2 Å². The fourth-order valence-corrected chi connectivity index (χ4v) is 3.48. The van der Waals surface area contributed by atoms with E-state index in [9.17, 15) is 5.11 Å². The Morgan fingerprint density at radius 3 is 2.25 bits per heavy atom. The van der Waals surface area contributed by atoms with Gasteiger partial charge in [-0.1, -0.05) is 15.9 Å². The molecule has 1 saturated heterocycles. The zero-order valence-corrected chi connectivity index (χ0v) is 14.5. The van der Waals surface area contributed by atoms with Gasteiger partial charge >= 0.3 is 0 Å². The van der Waals surface area contributed by atoms with Gasteiger partial charge in [0.1, 0.15) is 0 Å². The highest BCUT2D eigenvalue weighted by Crippen LogP contribution is 2.36. The van der Waals surface area contributed by atoms with E-state index in [0.717, 1.165) is 28.8 Å². The Balaban J connectivity index is 2.40. The zero-order chi connectivity index (χ0) is 15.1. The number of halogens is 1. The van der Waals surface area contributed by atoms with Crippen molar-refractivity contribution in [2.24, 2.45) is 0 Å². The maximum atomic E-state index is 10.0. The van der Waals surface area contributed by atoms with E-state index in [1.54, 1.807) is 0 Å². The number of hydrogen-bond donors (Lipinski definition) is 1. The van der Waals surface area contributed by atoms with Gasteiger partial charge in [0, 0.05) is 28.8 Å². The lowest BCUT2D eigenvalue weighted by Gasteiger charge is -2.48. The third-order valence-electron chi connectivity index (χ3n) is 3.48. The van der Waals surface area contributed by atoms with Crippen molar-refractivity contribution in [1.29, 1.82) is 0 Å². The predicted octanol–water partition coefficient (Wildman–Crippen LogP) is 3.90. The predicted molar refractivity (Wildman–Crippen MR) is 86.2 cm³/mol. The zero-order valence-electron chi connectivity index (χ0n) is 12.9. The molecule has 0 radical (unpaired) electrons. The molecule has 1 aromatic rings. The second kappa shape index (κ2) is 5.32. The second-order valence-corrected chi connectivity index (χ2v) is 7.77. The van der Waals surface area contributed by atoms with Gasteiger partial charge < -0.3 is 14.7 Å². The summed E-state index contributed by atoms with van der Waals surface area (Å²) >= 11 is 3.48. The second-order valence-electron chi connectivity index (χ2n) is 6.86. The first-order valence-corrected chi connectivity index (χ1v) is 7.82. The molecule has 1 aliphatic rings. The molecular formula is C16H24BrNO2. The van der Waals surface area contributed by atoms with Crippen LogP contribution in [-0.2, 0) is 4.74 Å². The standard InChI is InChI=1S/C16H24BrNO2/c1-11(19)13-8-12(17)6-7-14(13)18-9-15(2,3)20-16(4,5)10-18/h6-8,11,19H,9-10H2,1-5H3. The Morgan fingerprint density at radius 1 is 1.20 bits per heavy atom. The van der Waals surface area contributed by atoms with Gasteiger partial charge in [0.25, 0.3) is 0 Å². The van der Waals surface area contributed by atoms with E-state index in [2.05, 4.69) is 54.6 Å². The topological polar surface area (TPSA) is 32.7 Å². The van der Waals surface area contributed by atoms with Crippen LogP contribution in [0.3, 0.4) is 0 Å². The van der Waals surface area contributed by atoms with Crippen LogP contribution in [0, 0.1) is 0 Å². The smallest absolute Gasteiger partial charge is 0.0808 e. The average molecular weight is 342 g/mol. The summed E-state index contributed by atoms with van der Waals surface area (Å²) in [4.78, 5) is 2.32. The molecule has 1 aliphatic heterocycles. The normalized spacial score (nSPS) is 22.6. The fourth-order valence-electron chi connectivity index (χ4n) is 3.11. The molecule has 3 nitrogen and oxygen atoms in total. The van der Waals surface area contributed by atoms with E-state index in [4.69, 9.17) is 4.74 Å². The van der Waals surface area contributed by atoms with Crippen LogP contribution in [0.15, 0.2) is 22.7 Å². The first-order valence-electron chi connectivity index (χ1n) is 7.02. The molecule has 0 aliphatic carbocycles. The molecule has 1 fully saturated rings. The van der Waals surface area contributed by atoms with E-state index in [1.807, 2.05) is 19.1 Å². The molecule has 0 spiro atoms. The van der Waals surface area contributed by atoms with E-state index < -0.39 is 6.10 Å². The van der Waals surface area contributed by atoms with Crippen LogP contribution in [0.2, 0.25) is 0 Å². The lowest BCUT2D eigenvalue weighted by atomic mass is 9.96. The van der Waals surface area contributed by atoms with Crippen molar-refractivity contribution < 1.29 is 9.84 Å². The van der Waals surface area contributed by atoms with Gasteiger partial charge in [-0.3, -0.25) is 0 Å². The Morgan fingerprint density at radius 2 is 1.75 bits per heavy atom. The fraction of sp³-hybridized carbons (Fsp3) is 0.625. The van der Waals surface area contributed by atoms with Gasteiger partial charge in [-0.15, -0.1) is 0 Å². The van der Waals surface area contributed by atoms with Crippen molar-refractivity contribution >= 4 is 21.6 Å². The Bertz CT molecular complexity index is 481. The Hall–Kier alpha value is -0.580. The van der Waals surface area contributed by atoms with Crippen molar-refractivity contribution in [1.82, 2.24) is 0 Å².